The van der Waals surface area contributed by atoms with Crippen LogP contribution in [0.3, 0.4) is 0 Å². The van der Waals surface area contributed by atoms with Gasteiger partial charge >= 0.3 is 5.91 Å². The maximum Gasteiger partial charge on any atom is 0.305 e. The molecule has 0 saturated heterocycles. The molecule has 0 bridgehead atoms. The molecule has 1 aromatic heterocycles. The summed E-state index contributed by atoms with van der Waals surface area (Å²) in [5.74, 6) is -1.57. The summed E-state index contributed by atoms with van der Waals surface area (Å²) in [6, 6.07) is 6.97. The summed E-state index contributed by atoms with van der Waals surface area (Å²) in [4.78, 5) is 23.4. The summed E-state index contributed by atoms with van der Waals surface area (Å²) in [6.07, 6.45) is 0. The van der Waals surface area contributed by atoms with Gasteiger partial charge in [-0.25, -0.2) is 0 Å². The summed E-state index contributed by atoms with van der Waals surface area (Å²) >= 11 is 8.78. The molecule has 0 aliphatic rings. The second kappa shape index (κ2) is 5.98. The molecule has 6 nitrogen and oxygen atoms in total. The van der Waals surface area contributed by atoms with Crippen LogP contribution >= 0.6 is 27.5 Å². The van der Waals surface area contributed by atoms with E-state index in [4.69, 9.17) is 16.0 Å². The summed E-state index contributed by atoms with van der Waals surface area (Å²) in [5.41, 5.74) is 4.24. The Labute approximate surface area is 126 Å². The van der Waals surface area contributed by atoms with Crippen molar-refractivity contribution in [3.8, 4) is 5.75 Å². The molecule has 0 unspecified atom stereocenters. The molecule has 1 aromatic carbocycles. The topological polar surface area (TPSA) is 91.6 Å². The first-order valence-electron chi connectivity index (χ1n) is 5.32. The van der Waals surface area contributed by atoms with Gasteiger partial charge in [0.15, 0.2) is 10.4 Å². The van der Waals surface area contributed by atoms with Crippen LogP contribution in [-0.2, 0) is 0 Å². The number of amides is 2. The highest BCUT2D eigenvalue weighted by atomic mass is 79.9. The smallest absolute Gasteiger partial charge is 0.305 e. The largest absolute Gasteiger partial charge is 0.507 e. The lowest BCUT2D eigenvalue weighted by molar-refractivity contribution is 0.0828. The van der Waals surface area contributed by atoms with Crippen LogP contribution in [0.25, 0.3) is 0 Å². The highest BCUT2D eigenvalue weighted by Gasteiger charge is 2.15. The minimum Gasteiger partial charge on any atom is -0.507 e. The highest BCUT2D eigenvalue weighted by Crippen LogP contribution is 2.21. The number of hydrazine groups is 1. The number of carbonyl (C=O) groups excluding carboxylic acids is 2. The van der Waals surface area contributed by atoms with Crippen molar-refractivity contribution in [3.63, 3.8) is 0 Å². The molecule has 2 rings (SSSR count). The Hall–Kier alpha value is -1.99. The lowest BCUT2D eigenvalue weighted by Crippen LogP contribution is -2.41. The molecular weight excluding hydrogens is 351 g/mol. The van der Waals surface area contributed by atoms with Gasteiger partial charge in [0.05, 0.1) is 5.56 Å². The zero-order valence-electron chi connectivity index (χ0n) is 9.81. The van der Waals surface area contributed by atoms with Crippen molar-refractivity contribution in [2.45, 2.75) is 0 Å². The average molecular weight is 360 g/mol. The van der Waals surface area contributed by atoms with Crippen molar-refractivity contribution < 1.29 is 19.1 Å². The number of carbonyl (C=O) groups is 2. The molecule has 20 heavy (non-hydrogen) atoms. The van der Waals surface area contributed by atoms with Crippen LogP contribution in [0.2, 0.25) is 5.02 Å². The van der Waals surface area contributed by atoms with E-state index in [-0.39, 0.29) is 22.1 Å². The third kappa shape index (κ3) is 3.31. The van der Waals surface area contributed by atoms with Crippen molar-refractivity contribution in [1.29, 1.82) is 0 Å². The van der Waals surface area contributed by atoms with Gasteiger partial charge < -0.3 is 9.52 Å². The minimum atomic E-state index is -0.705. The molecule has 0 spiro atoms. The third-order valence-corrected chi connectivity index (χ3v) is 2.95. The van der Waals surface area contributed by atoms with Gasteiger partial charge in [-0.2, -0.15) is 0 Å². The predicted octanol–water partition coefficient (Wildman–Crippen LogP) is 2.48. The van der Waals surface area contributed by atoms with Crippen molar-refractivity contribution in [3.05, 3.63) is 51.3 Å². The van der Waals surface area contributed by atoms with Crippen molar-refractivity contribution in [2.24, 2.45) is 0 Å². The van der Waals surface area contributed by atoms with E-state index >= 15 is 0 Å². The third-order valence-electron chi connectivity index (χ3n) is 2.29. The van der Waals surface area contributed by atoms with Crippen LogP contribution < -0.4 is 10.9 Å². The first kappa shape index (κ1) is 14.4. The van der Waals surface area contributed by atoms with Crippen LogP contribution in [-0.4, -0.2) is 16.9 Å². The van der Waals surface area contributed by atoms with Gasteiger partial charge in [0.1, 0.15) is 5.75 Å². The van der Waals surface area contributed by atoms with Crippen LogP contribution in [0.15, 0.2) is 39.4 Å². The van der Waals surface area contributed by atoms with Crippen LogP contribution in [0, 0.1) is 0 Å². The zero-order chi connectivity index (χ0) is 14.7. The van der Waals surface area contributed by atoms with E-state index in [2.05, 4.69) is 26.8 Å². The Morgan fingerprint density at radius 1 is 1.15 bits per heavy atom. The van der Waals surface area contributed by atoms with E-state index in [0.717, 1.165) is 0 Å². The number of phenolic OH excluding ortho intramolecular Hbond substituents is 1. The number of nitrogens with one attached hydrogen (secondary N) is 2. The normalized spacial score (nSPS) is 10.1. The Balaban J connectivity index is 2.02. The summed E-state index contributed by atoms with van der Waals surface area (Å²) < 4.78 is 5.40. The molecule has 0 aliphatic heterocycles. The van der Waals surface area contributed by atoms with Crippen LogP contribution in [0.5, 0.6) is 5.75 Å². The number of aromatic hydroxyl groups is 1. The fraction of sp³-hybridized carbons (Fsp3) is 0. The predicted molar refractivity (Wildman–Crippen MR) is 74.5 cm³/mol. The molecule has 0 saturated carbocycles. The number of hydrogen-bond donors (Lipinski definition) is 3. The van der Waals surface area contributed by atoms with Gasteiger partial charge in [-0.15, -0.1) is 0 Å². The van der Waals surface area contributed by atoms with Gasteiger partial charge in [-0.05, 0) is 46.3 Å². The van der Waals surface area contributed by atoms with Crippen molar-refractivity contribution in [1.82, 2.24) is 10.9 Å². The highest BCUT2D eigenvalue weighted by molar-refractivity contribution is 9.10. The first-order valence-corrected chi connectivity index (χ1v) is 6.49. The van der Waals surface area contributed by atoms with E-state index in [0.29, 0.717) is 4.67 Å². The number of benzene rings is 1. The molecule has 0 aliphatic carbocycles. The van der Waals surface area contributed by atoms with Gasteiger partial charge in [0, 0.05) is 5.02 Å². The fourth-order valence-electron chi connectivity index (χ4n) is 1.37. The fourth-order valence-corrected chi connectivity index (χ4v) is 1.85. The van der Waals surface area contributed by atoms with Crippen molar-refractivity contribution in [2.75, 3.05) is 0 Å². The molecule has 2 aromatic rings. The Bertz CT molecular complexity index is 671. The molecule has 104 valence electrons. The Kier molecular flexibility index (Phi) is 4.31. The molecule has 0 radical (unpaired) electrons. The van der Waals surface area contributed by atoms with E-state index in [1.807, 2.05) is 0 Å². The van der Waals surface area contributed by atoms with E-state index in [9.17, 15) is 14.7 Å². The van der Waals surface area contributed by atoms with Gasteiger partial charge in [-0.1, -0.05) is 11.6 Å². The van der Waals surface area contributed by atoms with Crippen molar-refractivity contribution >= 4 is 39.3 Å². The molecule has 0 fully saturated rings. The van der Waals surface area contributed by atoms with E-state index in [1.54, 1.807) is 6.07 Å². The van der Waals surface area contributed by atoms with Crippen LogP contribution in [0.4, 0.5) is 0 Å². The number of rotatable bonds is 2. The Morgan fingerprint density at radius 3 is 2.50 bits per heavy atom. The van der Waals surface area contributed by atoms with Crippen LogP contribution in [0.1, 0.15) is 20.9 Å². The molecule has 2 amide bonds. The molecule has 0 atom stereocenters. The monoisotopic (exact) mass is 358 g/mol. The molecule has 1 heterocycles. The zero-order valence-corrected chi connectivity index (χ0v) is 12.2. The number of phenols is 1. The second-order valence-corrected chi connectivity index (χ2v) is 4.89. The lowest BCUT2D eigenvalue weighted by Gasteiger charge is -2.07. The second-order valence-electron chi connectivity index (χ2n) is 3.67. The molecular formula is C12H8BrClN2O4. The lowest BCUT2D eigenvalue weighted by atomic mass is 10.2. The van der Waals surface area contributed by atoms with E-state index in [1.165, 1.54) is 24.3 Å². The summed E-state index contributed by atoms with van der Waals surface area (Å²) in [7, 11) is 0. The maximum atomic E-state index is 11.8. The maximum absolute atomic E-state index is 11.8. The van der Waals surface area contributed by atoms with E-state index < -0.39 is 11.8 Å². The van der Waals surface area contributed by atoms with Gasteiger partial charge in [0.2, 0.25) is 0 Å². The van der Waals surface area contributed by atoms with Gasteiger partial charge in [0.25, 0.3) is 5.91 Å². The van der Waals surface area contributed by atoms with Gasteiger partial charge in [-0.3, -0.25) is 20.4 Å². The first-order chi connectivity index (χ1) is 9.47. The molecule has 8 heteroatoms. The average Bonchev–Trinajstić information content (AvgIpc) is 2.85. The molecule has 3 N–H and O–H groups in total. The quantitative estimate of drug-likeness (QED) is 0.718. The Morgan fingerprint density at radius 2 is 1.85 bits per heavy atom. The summed E-state index contributed by atoms with van der Waals surface area (Å²) in [6.45, 7) is 0. The number of hydrogen-bond acceptors (Lipinski definition) is 4. The standard InChI is InChI=1S/C12H8BrClN2O4/c13-10-4-3-9(20-10)12(19)16-15-11(18)7-5-6(14)1-2-8(7)17/h1-5,17H,(H,15,18)(H,16,19). The summed E-state index contributed by atoms with van der Waals surface area (Å²) in [5, 5.41) is 9.82. The number of halogens is 2. The SMILES string of the molecule is O=C(NNC(=O)c1cc(Cl)ccc1O)c1ccc(Br)o1. The minimum absolute atomic E-state index is 0.0208. The number of furan rings is 1.